The summed E-state index contributed by atoms with van der Waals surface area (Å²) < 4.78 is 25.6. The second-order valence-corrected chi connectivity index (χ2v) is 2.97. The Bertz CT molecular complexity index is 259. The van der Waals surface area contributed by atoms with E-state index >= 15 is 0 Å². The quantitative estimate of drug-likeness (QED) is 0.583. The van der Waals surface area contributed by atoms with Gasteiger partial charge in [-0.1, -0.05) is 12.1 Å². The molecule has 11 heavy (non-hydrogen) atoms. The highest BCUT2D eigenvalue weighted by Gasteiger charge is 2.44. The number of rotatable bonds is 1. The van der Waals surface area contributed by atoms with Gasteiger partial charge in [0.25, 0.3) is 0 Å². The molecular weight excluding hydrogens is 146 g/mol. The SMILES string of the molecule is Fc1ccc(C2(F)CC2)cc1. The van der Waals surface area contributed by atoms with E-state index in [4.69, 9.17) is 0 Å². The molecule has 0 radical (unpaired) electrons. The Morgan fingerprint density at radius 2 is 1.64 bits per heavy atom. The van der Waals surface area contributed by atoms with Crippen molar-refractivity contribution in [3.8, 4) is 0 Å². The standard InChI is InChI=1S/C9H8F2/c10-8-3-1-7(2-4-8)9(11)5-6-9/h1-4H,5-6H2. The van der Waals surface area contributed by atoms with E-state index in [0.717, 1.165) is 0 Å². The first-order valence-corrected chi connectivity index (χ1v) is 3.66. The molecule has 1 aromatic carbocycles. The summed E-state index contributed by atoms with van der Waals surface area (Å²) in [5, 5.41) is 0. The van der Waals surface area contributed by atoms with Gasteiger partial charge in [0.2, 0.25) is 0 Å². The molecule has 2 heteroatoms. The highest BCUT2D eigenvalue weighted by Crippen LogP contribution is 2.49. The average molecular weight is 154 g/mol. The van der Waals surface area contributed by atoms with Crippen LogP contribution in [-0.2, 0) is 5.67 Å². The minimum Gasteiger partial charge on any atom is -0.239 e. The molecule has 0 heterocycles. The molecule has 0 bridgehead atoms. The molecule has 1 aliphatic rings. The fourth-order valence-corrected chi connectivity index (χ4v) is 1.15. The fraction of sp³-hybridized carbons (Fsp3) is 0.333. The predicted octanol–water partition coefficient (Wildman–Crippen LogP) is 2.78. The summed E-state index contributed by atoms with van der Waals surface area (Å²) in [6.45, 7) is 0. The van der Waals surface area contributed by atoms with Crippen LogP contribution in [0.25, 0.3) is 0 Å². The van der Waals surface area contributed by atoms with Gasteiger partial charge in [-0.05, 0) is 30.5 Å². The number of hydrogen-bond acceptors (Lipinski definition) is 0. The van der Waals surface area contributed by atoms with Crippen molar-refractivity contribution in [3.05, 3.63) is 35.6 Å². The Kier molecular flexibility index (Phi) is 1.25. The lowest BCUT2D eigenvalue weighted by Crippen LogP contribution is -1.96. The third-order valence-corrected chi connectivity index (χ3v) is 2.05. The van der Waals surface area contributed by atoms with Crippen LogP contribution in [0.15, 0.2) is 24.3 Å². The van der Waals surface area contributed by atoms with Gasteiger partial charge in [-0.15, -0.1) is 0 Å². The molecule has 0 N–H and O–H groups in total. The van der Waals surface area contributed by atoms with E-state index in [1.165, 1.54) is 24.3 Å². The molecule has 0 nitrogen and oxygen atoms in total. The molecule has 2 rings (SSSR count). The first-order valence-electron chi connectivity index (χ1n) is 3.66. The van der Waals surface area contributed by atoms with Gasteiger partial charge in [-0.2, -0.15) is 0 Å². The van der Waals surface area contributed by atoms with Crippen molar-refractivity contribution in [3.63, 3.8) is 0 Å². The maximum Gasteiger partial charge on any atom is 0.136 e. The number of halogens is 2. The lowest BCUT2D eigenvalue weighted by atomic mass is 10.1. The second-order valence-electron chi connectivity index (χ2n) is 2.97. The van der Waals surface area contributed by atoms with Crippen LogP contribution in [0.5, 0.6) is 0 Å². The molecule has 0 spiro atoms. The topological polar surface area (TPSA) is 0 Å². The van der Waals surface area contributed by atoms with E-state index in [1.807, 2.05) is 0 Å². The van der Waals surface area contributed by atoms with Gasteiger partial charge in [-0.25, -0.2) is 8.78 Å². The first-order chi connectivity index (χ1) is 5.21. The molecule has 58 valence electrons. The third-order valence-electron chi connectivity index (χ3n) is 2.05. The lowest BCUT2D eigenvalue weighted by molar-refractivity contribution is 0.317. The van der Waals surface area contributed by atoms with Gasteiger partial charge in [-0.3, -0.25) is 0 Å². The molecule has 0 atom stereocenters. The molecule has 0 amide bonds. The fourth-order valence-electron chi connectivity index (χ4n) is 1.15. The van der Waals surface area contributed by atoms with Gasteiger partial charge in [0.15, 0.2) is 0 Å². The summed E-state index contributed by atoms with van der Waals surface area (Å²) in [6, 6.07) is 5.63. The zero-order valence-corrected chi connectivity index (χ0v) is 5.98. The Hall–Kier alpha value is -0.920. The smallest absolute Gasteiger partial charge is 0.136 e. The van der Waals surface area contributed by atoms with Crippen molar-refractivity contribution in [2.45, 2.75) is 18.5 Å². The van der Waals surface area contributed by atoms with Crippen LogP contribution >= 0.6 is 0 Å². The second kappa shape index (κ2) is 2.03. The van der Waals surface area contributed by atoms with Crippen molar-refractivity contribution < 1.29 is 8.78 Å². The van der Waals surface area contributed by atoms with Gasteiger partial charge in [0.05, 0.1) is 0 Å². The molecule has 0 unspecified atom stereocenters. The van der Waals surface area contributed by atoms with Crippen LogP contribution < -0.4 is 0 Å². The monoisotopic (exact) mass is 154 g/mol. The Morgan fingerprint density at radius 1 is 1.09 bits per heavy atom. The summed E-state index contributed by atoms with van der Waals surface area (Å²) in [5.74, 6) is -0.307. The van der Waals surface area contributed by atoms with E-state index in [-0.39, 0.29) is 5.82 Å². The van der Waals surface area contributed by atoms with E-state index in [0.29, 0.717) is 18.4 Å². The zero-order chi connectivity index (χ0) is 7.90. The van der Waals surface area contributed by atoms with Crippen molar-refractivity contribution in [1.29, 1.82) is 0 Å². The summed E-state index contributed by atoms with van der Waals surface area (Å²) in [4.78, 5) is 0. The molecule has 0 saturated heterocycles. The molecular formula is C9H8F2. The maximum absolute atomic E-state index is 13.2. The number of benzene rings is 1. The highest BCUT2D eigenvalue weighted by atomic mass is 19.1. The summed E-state index contributed by atoms with van der Waals surface area (Å²) in [7, 11) is 0. The number of alkyl halides is 1. The van der Waals surface area contributed by atoms with Crippen molar-refractivity contribution in [1.82, 2.24) is 0 Å². The summed E-state index contributed by atoms with van der Waals surface area (Å²) >= 11 is 0. The Labute approximate surface area is 63.9 Å². The normalized spacial score (nSPS) is 19.8. The van der Waals surface area contributed by atoms with E-state index in [2.05, 4.69) is 0 Å². The lowest BCUT2D eigenvalue weighted by Gasteiger charge is -2.02. The highest BCUT2D eigenvalue weighted by molar-refractivity contribution is 5.27. The average Bonchev–Trinajstić information content (AvgIpc) is 2.70. The molecule has 0 aromatic heterocycles. The maximum atomic E-state index is 13.2. The summed E-state index contributed by atoms with van der Waals surface area (Å²) in [6.07, 6.45) is 1.16. The summed E-state index contributed by atoms with van der Waals surface area (Å²) in [5.41, 5.74) is -0.521. The van der Waals surface area contributed by atoms with E-state index in [1.54, 1.807) is 0 Å². The van der Waals surface area contributed by atoms with Crippen molar-refractivity contribution in [2.24, 2.45) is 0 Å². The van der Waals surface area contributed by atoms with Crippen LogP contribution in [0.4, 0.5) is 8.78 Å². The molecule has 1 saturated carbocycles. The van der Waals surface area contributed by atoms with Crippen LogP contribution in [-0.4, -0.2) is 0 Å². The van der Waals surface area contributed by atoms with Crippen LogP contribution in [0.1, 0.15) is 18.4 Å². The minimum absolute atomic E-state index is 0.307. The zero-order valence-electron chi connectivity index (χ0n) is 5.98. The van der Waals surface area contributed by atoms with Crippen molar-refractivity contribution in [2.75, 3.05) is 0 Å². The van der Waals surface area contributed by atoms with Gasteiger partial charge in [0.1, 0.15) is 11.5 Å². The van der Waals surface area contributed by atoms with Crippen LogP contribution in [0.2, 0.25) is 0 Å². The van der Waals surface area contributed by atoms with Gasteiger partial charge >= 0.3 is 0 Å². The van der Waals surface area contributed by atoms with E-state index < -0.39 is 5.67 Å². The molecule has 1 aliphatic carbocycles. The first kappa shape index (κ1) is 6.77. The van der Waals surface area contributed by atoms with Gasteiger partial charge < -0.3 is 0 Å². The minimum atomic E-state index is -1.13. The largest absolute Gasteiger partial charge is 0.239 e. The van der Waals surface area contributed by atoms with E-state index in [9.17, 15) is 8.78 Å². The van der Waals surface area contributed by atoms with Gasteiger partial charge in [0, 0.05) is 0 Å². The Morgan fingerprint density at radius 3 is 2.09 bits per heavy atom. The van der Waals surface area contributed by atoms with Crippen LogP contribution in [0, 0.1) is 5.82 Å². The molecule has 1 aromatic rings. The van der Waals surface area contributed by atoms with Crippen molar-refractivity contribution >= 4 is 0 Å². The van der Waals surface area contributed by atoms with Crippen LogP contribution in [0.3, 0.4) is 0 Å². The molecule has 1 fully saturated rings. The molecule has 0 aliphatic heterocycles. The predicted molar refractivity (Wildman–Crippen MR) is 38.4 cm³/mol. The third kappa shape index (κ3) is 1.13. The number of hydrogen-bond donors (Lipinski definition) is 0. The Balaban J connectivity index is 2.33.